The Bertz CT molecular complexity index is 1000. The lowest BCUT2D eigenvalue weighted by Crippen LogP contribution is -2.25. The van der Waals surface area contributed by atoms with Crippen LogP contribution in [0.4, 0.5) is 14.6 Å². The molecule has 0 saturated carbocycles. The number of carbonyl (C=O) groups is 1. The monoisotopic (exact) mass is 374 g/mol. The average molecular weight is 374 g/mol. The van der Waals surface area contributed by atoms with Crippen LogP contribution < -0.4 is 15.8 Å². The van der Waals surface area contributed by atoms with Gasteiger partial charge in [0.2, 0.25) is 0 Å². The van der Waals surface area contributed by atoms with Gasteiger partial charge >= 0.3 is 0 Å². The van der Waals surface area contributed by atoms with Crippen molar-refractivity contribution in [3.05, 3.63) is 47.8 Å². The van der Waals surface area contributed by atoms with E-state index in [1.165, 1.54) is 35.9 Å². The van der Waals surface area contributed by atoms with Crippen LogP contribution in [0.1, 0.15) is 30.3 Å². The number of halogens is 2. The maximum Gasteiger partial charge on any atom is 0.273 e. The lowest BCUT2D eigenvalue weighted by Gasteiger charge is -2.11. The number of imidazole rings is 1. The van der Waals surface area contributed by atoms with Gasteiger partial charge < -0.3 is 15.8 Å². The molecule has 0 bridgehead atoms. The van der Waals surface area contributed by atoms with E-state index in [1.807, 2.05) is 6.92 Å². The van der Waals surface area contributed by atoms with Gasteiger partial charge in [0, 0.05) is 12.7 Å². The molecule has 0 radical (unpaired) electrons. The highest BCUT2D eigenvalue weighted by Crippen LogP contribution is 2.37. The molecular formula is C19H20F2N4O2. The normalized spacial score (nSPS) is 11.0. The summed E-state index contributed by atoms with van der Waals surface area (Å²) in [6.07, 6.45) is 3.08. The minimum Gasteiger partial charge on any atom is -0.496 e. The molecule has 3 N–H and O–H groups in total. The summed E-state index contributed by atoms with van der Waals surface area (Å²) >= 11 is 0. The van der Waals surface area contributed by atoms with Crippen LogP contribution in [0.15, 0.2) is 30.5 Å². The fourth-order valence-electron chi connectivity index (χ4n) is 2.88. The number of unbranched alkanes of at least 4 members (excludes halogenated alkanes) is 1. The number of nitrogens with zero attached hydrogens (tertiary/aromatic N) is 2. The van der Waals surface area contributed by atoms with Gasteiger partial charge in [-0.3, -0.25) is 9.20 Å². The number of fused-ring (bicyclic) bond motifs is 1. The molecule has 0 atom stereocenters. The third-order valence-corrected chi connectivity index (χ3v) is 4.26. The predicted octanol–water partition coefficient (Wildman–Crippen LogP) is 3.40. The topological polar surface area (TPSA) is 81.6 Å². The Hall–Kier alpha value is -3.16. The molecule has 142 valence electrons. The Morgan fingerprint density at radius 1 is 1.26 bits per heavy atom. The first-order chi connectivity index (χ1) is 13.0. The lowest BCUT2D eigenvalue weighted by atomic mass is 10.0. The van der Waals surface area contributed by atoms with Gasteiger partial charge in [-0.1, -0.05) is 19.4 Å². The number of methoxy groups -OCH3 is 1. The van der Waals surface area contributed by atoms with E-state index in [0.717, 1.165) is 18.9 Å². The van der Waals surface area contributed by atoms with Crippen LogP contribution in [-0.2, 0) is 0 Å². The van der Waals surface area contributed by atoms with Gasteiger partial charge in [-0.2, -0.15) is 0 Å². The van der Waals surface area contributed by atoms with Gasteiger partial charge in [-0.25, -0.2) is 13.8 Å². The van der Waals surface area contributed by atoms with E-state index in [0.29, 0.717) is 6.54 Å². The Morgan fingerprint density at radius 2 is 2.00 bits per heavy atom. The van der Waals surface area contributed by atoms with Crippen LogP contribution in [0, 0.1) is 11.6 Å². The molecule has 2 aromatic heterocycles. The molecule has 2 heterocycles. The van der Waals surface area contributed by atoms with E-state index in [-0.39, 0.29) is 34.0 Å². The van der Waals surface area contributed by atoms with Crippen molar-refractivity contribution in [2.45, 2.75) is 19.8 Å². The number of amides is 1. The van der Waals surface area contributed by atoms with Crippen LogP contribution in [0.3, 0.4) is 0 Å². The largest absolute Gasteiger partial charge is 0.496 e. The fraction of sp³-hybridized carbons (Fsp3) is 0.263. The maximum atomic E-state index is 14.7. The van der Waals surface area contributed by atoms with Gasteiger partial charge in [-0.05, 0) is 24.6 Å². The summed E-state index contributed by atoms with van der Waals surface area (Å²) in [5, 5.41) is 2.72. The summed E-state index contributed by atoms with van der Waals surface area (Å²) < 4.78 is 35.7. The van der Waals surface area contributed by atoms with Crippen molar-refractivity contribution in [3.63, 3.8) is 0 Å². The second-order valence-electron chi connectivity index (χ2n) is 6.00. The molecule has 3 rings (SSSR count). The van der Waals surface area contributed by atoms with E-state index >= 15 is 0 Å². The number of benzene rings is 1. The van der Waals surface area contributed by atoms with Crippen LogP contribution in [0.2, 0.25) is 0 Å². The highest BCUT2D eigenvalue weighted by molar-refractivity contribution is 5.99. The number of hydrogen-bond donors (Lipinski definition) is 2. The van der Waals surface area contributed by atoms with Crippen molar-refractivity contribution in [1.29, 1.82) is 0 Å². The van der Waals surface area contributed by atoms with Crippen molar-refractivity contribution in [3.8, 4) is 16.9 Å². The molecule has 1 amide bonds. The van der Waals surface area contributed by atoms with Crippen LogP contribution in [-0.4, -0.2) is 28.9 Å². The summed E-state index contributed by atoms with van der Waals surface area (Å²) in [4.78, 5) is 16.6. The third kappa shape index (κ3) is 3.30. The second-order valence-corrected chi connectivity index (χ2v) is 6.00. The number of nitrogen functional groups attached to an aromatic ring is 1. The van der Waals surface area contributed by atoms with Gasteiger partial charge in [-0.15, -0.1) is 0 Å². The first-order valence-electron chi connectivity index (χ1n) is 8.56. The van der Waals surface area contributed by atoms with E-state index in [1.54, 1.807) is 0 Å². The molecule has 0 aliphatic rings. The van der Waals surface area contributed by atoms with Crippen molar-refractivity contribution in [2.75, 3.05) is 19.4 Å². The molecule has 0 saturated heterocycles. The van der Waals surface area contributed by atoms with Crippen LogP contribution >= 0.6 is 0 Å². The molecule has 6 nitrogen and oxygen atoms in total. The highest BCUT2D eigenvalue weighted by Gasteiger charge is 2.24. The summed E-state index contributed by atoms with van der Waals surface area (Å²) in [7, 11) is 1.36. The standard InChI is InChI=1S/C19H20F2N4O2/c1-3-4-9-23-19(26)16-17(22)25-10-8-12(21)15(18(25)24-16)14-11(20)6-5-7-13(14)27-2/h5-8,10H,3-4,9,22H2,1-2H3,(H,23,26). The number of nitrogens with one attached hydrogen (secondary N) is 1. The summed E-state index contributed by atoms with van der Waals surface area (Å²) in [5.41, 5.74) is 5.85. The Labute approximate surface area is 155 Å². The zero-order valence-corrected chi connectivity index (χ0v) is 15.1. The number of pyridine rings is 1. The molecule has 0 aliphatic carbocycles. The number of anilines is 1. The zero-order valence-electron chi connectivity index (χ0n) is 15.1. The molecular weight excluding hydrogens is 354 g/mol. The zero-order chi connectivity index (χ0) is 19.6. The van der Waals surface area contributed by atoms with Gasteiger partial charge in [0.25, 0.3) is 5.91 Å². The summed E-state index contributed by atoms with van der Waals surface area (Å²) in [5.74, 6) is -1.63. The molecule has 0 spiro atoms. The Balaban J connectivity index is 2.20. The van der Waals surface area contributed by atoms with Crippen molar-refractivity contribution < 1.29 is 18.3 Å². The molecule has 0 aliphatic heterocycles. The summed E-state index contributed by atoms with van der Waals surface area (Å²) in [6.45, 7) is 2.48. The number of aromatic nitrogens is 2. The van der Waals surface area contributed by atoms with E-state index in [9.17, 15) is 13.6 Å². The lowest BCUT2D eigenvalue weighted by molar-refractivity contribution is 0.0949. The first-order valence-corrected chi connectivity index (χ1v) is 8.56. The minimum atomic E-state index is -0.700. The number of rotatable bonds is 6. The maximum absolute atomic E-state index is 14.7. The van der Waals surface area contributed by atoms with Gasteiger partial charge in [0.15, 0.2) is 5.69 Å². The Morgan fingerprint density at radius 3 is 2.70 bits per heavy atom. The van der Waals surface area contributed by atoms with Gasteiger partial charge in [0.05, 0.1) is 18.2 Å². The number of nitrogens with two attached hydrogens (primary N) is 1. The number of ether oxygens (including phenoxy) is 1. The fourth-order valence-corrected chi connectivity index (χ4v) is 2.88. The highest BCUT2D eigenvalue weighted by atomic mass is 19.1. The number of hydrogen-bond acceptors (Lipinski definition) is 4. The van der Waals surface area contributed by atoms with Crippen molar-refractivity contribution >= 4 is 17.4 Å². The average Bonchev–Trinajstić information content (AvgIpc) is 2.99. The van der Waals surface area contributed by atoms with Crippen LogP contribution in [0.5, 0.6) is 5.75 Å². The molecule has 3 aromatic rings. The van der Waals surface area contributed by atoms with Crippen LogP contribution in [0.25, 0.3) is 16.8 Å². The molecule has 0 unspecified atom stereocenters. The SMILES string of the molecule is CCCCNC(=O)c1nc2c(-c3c(F)cccc3OC)c(F)ccn2c1N. The quantitative estimate of drug-likeness (QED) is 0.648. The predicted molar refractivity (Wildman–Crippen MR) is 98.7 cm³/mol. The summed E-state index contributed by atoms with van der Waals surface area (Å²) in [6, 6.07) is 5.32. The molecule has 8 heteroatoms. The third-order valence-electron chi connectivity index (χ3n) is 4.26. The van der Waals surface area contributed by atoms with E-state index in [4.69, 9.17) is 10.5 Å². The smallest absolute Gasteiger partial charge is 0.273 e. The Kier molecular flexibility index (Phi) is 5.25. The van der Waals surface area contributed by atoms with Crippen molar-refractivity contribution in [2.24, 2.45) is 0 Å². The first kappa shape index (κ1) is 18.6. The minimum absolute atomic E-state index is 0.0340. The van der Waals surface area contributed by atoms with E-state index < -0.39 is 17.5 Å². The van der Waals surface area contributed by atoms with Crippen molar-refractivity contribution in [1.82, 2.24) is 14.7 Å². The van der Waals surface area contributed by atoms with E-state index in [2.05, 4.69) is 10.3 Å². The van der Waals surface area contributed by atoms with Gasteiger partial charge in [0.1, 0.15) is 28.8 Å². The second kappa shape index (κ2) is 7.61. The molecule has 0 fully saturated rings. The molecule has 1 aromatic carbocycles. The number of carbonyl (C=O) groups excluding carboxylic acids is 1. The molecule has 27 heavy (non-hydrogen) atoms.